The van der Waals surface area contributed by atoms with Gasteiger partial charge in [-0.25, -0.2) is 4.98 Å². The molecule has 1 heterocycles. The molecule has 6 heteroatoms. The van der Waals surface area contributed by atoms with Gasteiger partial charge in [0.15, 0.2) is 0 Å². The lowest BCUT2D eigenvalue weighted by Crippen LogP contribution is -2.27. The van der Waals surface area contributed by atoms with E-state index in [9.17, 15) is 4.79 Å². The molecule has 0 fully saturated rings. The molecule has 2 aromatic carbocycles. The summed E-state index contributed by atoms with van der Waals surface area (Å²) in [6.07, 6.45) is 5.42. The van der Waals surface area contributed by atoms with E-state index in [1.807, 2.05) is 60.2 Å². The number of hydrogen-bond acceptors (Lipinski definition) is 4. The van der Waals surface area contributed by atoms with E-state index >= 15 is 0 Å². The smallest absolute Gasteiger partial charge is 0.251 e. The van der Waals surface area contributed by atoms with Crippen LogP contribution in [0.5, 0.6) is 11.5 Å². The first-order valence-corrected chi connectivity index (χ1v) is 8.68. The van der Waals surface area contributed by atoms with Crippen molar-refractivity contribution in [2.45, 2.75) is 19.5 Å². The Hall–Kier alpha value is -3.28. The molecular weight excluding hydrogens is 342 g/mol. The molecule has 0 saturated heterocycles. The predicted molar refractivity (Wildman–Crippen MR) is 103 cm³/mol. The van der Waals surface area contributed by atoms with Crippen LogP contribution >= 0.6 is 0 Å². The van der Waals surface area contributed by atoms with Gasteiger partial charge in [0.25, 0.3) is 5.91 Å². The SMILES string of the molecule is COc1ccc(OC)c(C(C)NC(=O)c2ccc(Cn3ccnc3)cc2)c1. The molecule has 1 atom stereocenters. The van der Waals surface area contributed by atoms with E-state index in [2.05, 4.69) is 10.3 Å². The highest BCUT2D eigenvalue weighted by atomic mass is 16.5. The summed E-state index contributed by atoms with van der Waals surface area (Å²) in [6, 6.07) is 12.9. The zero-order chi connectivity index (χ0) is 19.2. The summed E-state index contributed by atoms with van der Waals surface area (Å²) in [7, 11) is 3.22. The van der Waals surface area contributed by atoms with Gasteiger partial charge < -0.3 is 19.4 Å². The number of aromatic nitrogens is 2. The van der Waals surface area contributed by atoms with Gasteiger partial charge in [-0.3, -0.25) is 4.79 Å². The van der Waals surface area contributed by atoms with Gasteiger partial charge >= 0.3 is 0 Å². The molecule has 1 aromatic heterocycles. The van der Waals surface area contributed by atoms with Crippen molar-refractivity contribution in [1.82, 2.24) is 14.9 Å². The second-order valence-corrected chi connectivity index (χ2v) is 6.23. The summed E-state index contributed by atoms with van der Waals surface area (Å²) in [5.74, 6) is 1.29. The van der Waals surface area contributed by atoms with E-state index in [0.717, 1.165) is 23.4 Å². The van der Waals surface area contributed by atoms with E-state index in [4.69, 9.17) is 9.47 Å². The Balaban J connectivity index is 1.69. The first-order valence-electron chi connectivity index (χ1n) is 8.68. The summed E-state index contributed by atoms with van der Waals surface area (Å²) >= 11 is 0. The minimum Gasteiger partial charge on any atom is -0.497 e. The Labute approximate surface area is 158 Å². The maximum Gasteiger partial charge on any atom is 0.251 e. The normalized spacial score (nSPS) is 11.7. The predicted octanol–water partition coefficient (Wildman–Crippen LogP) is 3.44. The summed E-state index contributed by atoms with van der Waals surface area (Å²) in [4.78, 5) is 16.6. The monoisotopic (exact) mass is 365 g/mol. The molecule has 0 saturated carbocycles. The van der Waals surface area contributed by atoms with Crippen LogP contribution < -0.4 is 14.8 Å². The highest BCUT2D eigenvalue weighted by Gasteiger charge is 2.16. The van der Waals surface area contributed by atoms with Crippen molar-refractivity contribution < 1.29 is 14.3 Å². The Kier molecular flexibility index (Phi) is 5.76. The third-order valence-corrected chi connectivity index (χ3v) is 4.39. The Bertz CT molecular complexity index is 890. The fourth-order valence-corrected chi connectivity index (χ4v) is 2.89. The van der Waals surface area contributed by atoms with Crippen LogP contribution in [0.4, 0.5) is 0 Å². The second-order valence-electron chi connectivity index (χ2n) is 6.23. The molecule has 0 bridgehead atoms. The maximum absolute atomic E-state index is 12.6. The van der Waals surface area contributed by atoms with Crippen LogP contribution in [-0.2, 0) is 6.54 Å². The molecule has 3 aromatic rings. The Morgan fingerprint density at radius 1 is 1.15 bits per heavy atom. The van der Waals surface area contributed by atoms with Gasteiger partial charge in [0, 0.05) is 30.1 Å². The average Bonchev–Trinajstić information content (AvgIpc) is 3.21. The Morgan fingerprint density at radius 2 is 1.93 bits per heavy atom. The number of hydrogen-bond donors (Lipinski definition) is 1. The Morgan fingerprint density at radius 3 is 2.56 bits per heavy atom. The molecule has 1 N–H and O–H groups in total. The lowest BCUT2D eigenvalue weighted by Gasteiger charge is -2.18. The number of ether oxygens (including phenoxy) is 2. The van der Waals surface area contributed by atoms with E-state index in [1.54, 1.807) is 26.7 Å². The third-order valence-electron chi connectivity index (χ3n) is 4.39. The van der Waals surface area contributed by atoms with Crippen molar-refractivity contribution >= 4 is 5.91 Å². The number of carbonyl (C=O) groups excluding carboxylic acids is 1. The van der Waals surface area contributed by atoms with Crippen LogP contribution in [0, 0.1) is 0 Å². The van der Waals surface area contributed by atoms with Gasteiger partial charge in [-0.1, -0.05) is 12.1 Å². The number of benzene rings is 2. The summed E-state index contributed by atoms with van der Waals surface area (Å²) in [6.45, 7) is 2.64. The van der Waals surface area contributed by atoms with Crippen molar-refractivity contribution in [2.75, 3.05) is 14.2 Å². The summed E-state index contributed by atoms with van der Waals surface area (Å²) < 4.78 is 12.7. The molecule has 3 rings (SSSR count). The van der Waals surface area contributed by atoms with E-state index in [0.29, 0.717) is 11.3 Å². The van der Waals surface area contributed by atoms with Gasteiger partial charge in [-0.05, 0) is 42.8 Å². The molecule has 0 aliphatic carbocycles. The first kappa shape index (κ1) is 18.5. The van der Waals surface area contributed by atoms with E-state index in [-0.39, 0.29) is 11.9 Å². The van der Waals surface area contributed by atoms with Crippen LogP contribution in [0.3, 0.4) is 0 Å². The minimum absolute atomic E-state index is 0.137. The topological polar surface area (TPSA) is 65.4 Å². The number of imidazole rings is 1. The van der Waals surface area contributed by atoms with Crippen LogP contribution in [-0.4, -0.2) is 29.7 Å². The summed E-state index contributed by atoms with van der Waals surface area (Å²) in [5.41, 5.74) is 2.58. The van der Waals surface area contributed by atoms with Crippen LogP contribution in [0.15, 0.2) is 61.2 Å². The van der Waals surface area contributed by atoms with Crippen molar-refractivity contribution in [2.24, 2.45) is 0 Å². The third kappa shape index (κ3) is 4.47. The molecule has 0 radical (unpaired) electrons. The quantitative estimate of drug-likeness (QED) is 0.697. The van der Waals surface area contributed by atoms with E-state index in [1.165, 1.54) is 0 Å². The first-order chi connectivity index (χ1) is 13.1. The average molecular weight is 365 g/mol. The molecule has 0 aliphatic heterocycles. The number of rotatable bonds is 7. The van der Waals surface area contributed by atoms with Gasteiger partial charge in [-0.15, -0.1) is 0 Å². The molecule has 0 spiro atoms. The number of nitrogens with one attached hydrogen (secondary N) is 1. The van der Waals surface area contributed by atoms with Crippen molar-refractivity contribution in [3.05, 3.63) is 77.9 Å². The zero-order valence-corrected chi connectivity index (χ0v) is 15.7. The molecule has 27 heavy (non-hydrogen) atoms. The number of amides is 1. The van der Waals surface area contributed by atoms with Crippen LogP contribution in [0.2, 0.25) is 0 Å². The van der Waals surface area contributed by atoms with Gasteiger partial charge in [0.2, 0.25) is 0 Å². The van der Waals surface area contributed by atoms with Crippen molar-refractivity contribution in [1.29, 1.82) is 0 Å². The second kappa shape index (κ2) is 8.40. The molecule has 0 aliphatic rings. The number of carbonyl (C=O) groups is 1. The van der Waals surface area contributed by atoms with Gasteiger partial charge in [-0.2, -0.15) is 0 Å². The molecule has 140 valence electrons. The van der Waals surface area contributed by atoms with Crippen molar-refractivity contribution in [3.63, 3.8) is 0 Å². The standard InChI is InChI=1S/C21H23N3O3/c1-15(19-12-18(26-2)8-9-20(19)27-3)23-21(25)17-6-4-16(5-7-17)13-24-11-10-22-14-24/h4-12,14-15H,13H2,1-3H3,(H,23,25). The van der Waals surface area contributed by atoms with Gasteiger partial charge in [0.1, 0.15) is 11.5 Å². The summed E-state index contributed by atoms with van der Waals surface area (Å²) in [5, 5.41) is 3.01. The number of nitrogens with zero attached hydrogens (tertiary/aromatic N) is 2. The van der Waals surface area contributed by atoms with Crippen LogP contribution in [0.25, 0.3) is 0 Å². The lowest BCUT2D eigenvalue weighted by molar-refractivity contribution is 0.0939. The van der Waals surface area contributed by atoms with Gasteiger partial charge in [0.05, 0.1) is 26.6 Å². The minimum atomic E-state index is -0.229. The van der Waals surface area contributed by atoms with Crippen molar-refractivity contribution in [3.8, 4) is 11.5 Å². The highest BCUT2D eigenvalue weighted by Crippen LogP contribution is 2.29. The maximum atomic E-state index is 12.6. The molecule has 6 nitrogen and oxygen atoms in total. The molecule has 1 unspecified atom stereocenters. The molecular formula is C21H23N3O3. The van der Waals surface area contributed by atoms with E-state index < -0.39 is 0 Å². The highest BCUT2D eigenvalue weighted by molar-refractivity contribution is 5.94. The largest absolute Gasteiger partial charge is 0.497 e. The lowest BCUT2D eigenvalue weighted by atomic mass is 10.1. The van der Waals surface area contributed by atoms with Crippen LogP contribution in [0.1, 0.15) is 34.5 Å². The zero-order valence-electron chi connectivity index (χ0n) is 15.7. The number of methoxy groups -OCH3 is 2. The fourth-order valence-electron chi connectivity index (χ4n) is 2.89. The fraction of sp³-hybridized carbons (Fsp3) is 0.238. The molecule has 1 amide bonds.